The highest BCUT2D eigenvalue weighted by Crippen LogP contribution is 2.17. The van der Waals surface area contributed by atoms with Crippen molar-refractivity contribution in [2.75, 3.05) is 7.05 Å². The first-order chi connectivity index (χ1) is 8.29. The van der Waals surface area contributed by atoms with Crippen LogP contribution in [0.1, 0.15) is 22.9 Å². The van der Waals surface area contributed by atoms with E-state index in [4.69, 9.17) is 0 Å². The van der Waals surface area contributed by atoms with E-state index in [0.717, 1.165) is 12.1 Å². The number of pyridine rings is 1. The lowest BCUT2D eigenvalue weighted by molar-refractivity contribution is 0.584. The number of rotatable bonds is 4. The molecule has 0 saturated heterocycles. The third-order valence-corrected chi connectivity index (χ3v) is 2.94. The summed E-state index contributed by atoms with van der Waals surface area (Å²) in [5.41, 5.74) is 3.70. The van der Waals surface area contributed by atoms with E-state index in [9.17, 15) is 0 Å². The molecule has 1 N–H and O–H groups in total. The van der Waals surface area contributed by atoms with Crippen LogP contribution in [-0.4, -0.2) is 12.0 Å². The van der Waals surface area contributed by atoms with Gasteiger partial charge in [-0.15, -0.1) is 0 Å². The minimum Gasteiger partial charge on any atom is -0.313 e. The predicted molar refractivity (Wildman–Crippen MR) is 70.9 cm³/mol. The van der Waals surface area contributed by atoms with Gasteiger partial charge in [0.15, 0.2) is 0 Å². The molecule has 1 heterocycles. The minimum atomic E-state index is 0.325. The molecule has 0 aliphatic carbocycles. The Morgan fingerprint density at radius 1 is 1.18 bits per heavy atom. The molecule has 0 aliphatic rings. The van der Waals surface area contributed by atoms with Crippen LogP contribution >= 0.6 is 0 Å². The summed E-state index contributed by atoms with van der Waals surface area (Å²) in [5.74, 6) is 0. The number of aryl methyl sites for hydroxylation is 1. The van der Waals surface area contributed by atoms with Gasteiger partial charge in [0.05, 0.1) is 0 Å². The first-order valence-corrected chi connectivity index (χ1v) is 5.93. The quantitative estimate of drug-likeness (QED) is 0.867. The molecule has 0 amide bonds. The summed E-state index contributed by atoms with van der Waals surface area (Å²) < 4.78 is 0. The van der Waals surface area contributed by atoms with Crippen LogP contribution in [0.4, 0.5) is 0 Å². The Morgan fingerprint density at radius 2 is 1.94 bits per heavy atom. The Labute approximate surface area is 103 Å². The van der Waals surface area contributed by atoms with Gasteiger partial charge >= 0.3 is 0 Å². The van der Waals surface area contributed by atoms with Gasteiger partial charge in [0.25, 0.3) is 0 Å². The van der Waals surface area contributed by atoms with Crippen LogP contribution in [0.2, 0.25) is 0 Å². The van der Waals surface area contributed by atoms with Crippen LogP contribution in [0.5, 0.6) is 0 Å². The van der Waals surface area contributed by atoms with Crippen molar-refractivity contribution in [2.24, 2.45) is 0 Å². The number of nitrogens with zero attached hydrogens (tertiary/aromatic N) is 1. The Balaban J connectivity index is 2.16. The topological polar surface area (TPSA) is 24.9 Å². The lowest BCUT2D eigenvalue weighted by Crippen LogP contribution is -2.19. The molecule has 88 valence electrons. The van der Waals surface area contributed by atoms with Gasteiger partial charge in [0.1, 0.15) is 0 Å². The molecule has 2 nitrogen and oxygen atoms in total. The fourth-order valence-corrected chi connectivity index (χ4v) is 1.99. The van der Waals surface area contributed by atoms with Gasteiger partial charge in [-0.25, -0.2) is 0 Å². The Bertz CT molecular complexity index is 465. The largest absolute Gasteiger partial charge is 0.313 e. The predicted octanol–water partition coefficient (Wildman–Crippen LogP) is 2.89. The SMILES string of the molecule is CNC(Cc1cc(C)ccn1)c1ccccc1. The van der Waals surface area contributed by atoms with Gasteiger partial charge in [-0.3, -0.25) is 4.98 Å². The zero-order valence-corrected chi connectivity index (χ0v) is 10.4. The van der Waals surface area contributed by atoms with Crippen LogP contribution < -0.4 is 5.32 Å². The van der Waals surface area contributed by atoms with E-state index >= 15 is 0 Å². The van der Waals surface area contributed by atoms with Gasteiger partial charge < -0.3 is 5.32 Å². The van der Waals surface area contributed by atoms with Crippen molar-refractivity contribution in [3.05, 3.63) is 65.5 Å². The van der Waals surface area contributed by atoms with E-state index in [-0.39, 0.29) is 0 Å². The zero-order chi connectivity index (χ0) is 12.1. The summed E-state index contributed by atoms with van der Waals surface area (Å²) in [4.78, 5) is 4.41. The third-order valence-electron chi connectivity index (χ3n) is 2.94. The number of aromatic nitrogens is 1. The molecule has 1 atom stereocenters. The van der Waals surface area contributed by atoms with Gasteiger partial charge in [-0.2, -0.15) is 0 Å². The molecule has 2 heteroatoms. The minimum absolute atomic E-state index is 0.325. The van der Waals surface area contributed by atoms with Crippen molar-refractivity contribution in [3.8, 4) is 0 Å². The van der Waals surface area contributed by atoms with Crippen LogP contribution in [0.3, 0.4) is 0 Å². The second-order valence-electron chi connectivity index (χ2n) is 4.28. The highest BCUT2D eigenvalue weighted by Gasteiger charge is 2.10. The number of hydrogen-bond donors (Lipinski definition) is 1. The van der Waals surface area contributed by atoms with E-state index in [1.807, 2.05) is 25.4 Å². The van der Waals surface area contributed by atoms with Crippen LogP contribution in [-0.2, 0) is 6.42 Å². The second-order valence-corrected chi connectivity index (χ2v) is 4.28. The van der Waals surface area contributed by atoms with Crippen molar-refractivity contribution in [1.82, 2.24) is 10.3 Å². The van der Waals surface area contributed by atoms with E-state index in [1.54, 1.807) is 0 Å². The monoisotopic (exact) mass is 226 g/mol. The maximum absolute atomic E-state index is 4.41. The van der Waals surface area contributed by atoms with Gasteiger partial charge in [0, 0.05) is 24.4 Å². The number of benzene rings is 1. The van der Waals surface area contributed by atoms with Gasteiger partial charge in [-0.05, 0) is 37.2 Å². The highest BCUT2D eigenvalue weighted by atomic mass is 14.9. The molecule has 0 radical (unpaired) electrons. The Kier molecular flexibility index (Phi) is 3.89. The van der Waals surface area contributed by atoms with E-state index < -0.39 is 0 Å². The Morgan fingerprint density at radius 3 is 2.59 bits per heavy atom. The smallest absolute Gasteiger partial charge is 0.0425 e. The maximum Gasteiger partial charge on any atom is 0.0425 e. The van der Waals surface area contributed by atoms with Crippen molar-refractivity contribution in [1.29, 1.82) is 0 Å². The number of nitrogens with one attached hydrogen (secondary N) is 1. The summed E-state index contributed by atoms with van der Waals surface area (Å²) in [7, 11) is 1.99. The number of likely N-dealkylation sites (N-methyl/N-ethyl adjacent to an activating group) is 1. The lowest BCUT2D eigenvalue weighted by Gasteiger charge is -2.16. The fraction of sp³-hybridized carbons (Fsp3) is 0.267. The molecule has 2 rings (SSSR count). The molecule has 0 aliphatic heterocycles. The molecule has 1 aromatic carbocycles. The Hall–Kier alpha value is -1.67. The average Bonchev–Trinajstić information content (AvgIpc) is 2.37. The zero-order valence-electron chi connectivity index (χ0n) is 10.4. The summed E-state index contributed by atoms with van der Waals surface area (Å²) >= 11 is 0. The van der Waals surface area contributed by atoms with Crippen molar-refractivity contribution in [3.63, 3.8) is 0 Å². The van der Waals surface area contributed by atoms with E-state index in [2.05, 4.69) is 47.6 Å². The first-order valence-electron chi connectivity index (χ1n) is 5.93. The van der Waals surface area contributed by atoms with Crippen LogP contribution in [0.15, 0.2) is 48.7 Å². The summed E-state index contributed by atoms with van der Waals surface area (Å²) in [6, 6.07) is 15.0. The lowest BCUT2D eigenvalue weighted by atomic mass is 10.0. The molecule has 2 aromatic rings. The molecular formula is C15H18N2. The average molecular weight is 226 g/mol. The van der Waals surface area contributed by atoms with Crippen molar-refractivity contribution < 1.29 is 0 Å². The summed E-state index contributed by atoms with van der Waals surface area (Å²) in [6.07, 6.45) is 2.80. The van der Waals surface area contributed by atoms with Crippen LogP contribution in [0, 0.1) is 6.92 Å². The fourth-order valence-electron chi connectivity index (χ4n) is 1.99. The van der Waals surface area contributed by atoms with Crippen molar-refractivity contribution in [2.45, 2.75) is 19.4 Å². The second kappa shape index (κ2) is 5.60. The maximum atomic E-state index is 4.41. The standard InChI is InChI=1S/C15H18N2/c1-12-8-9-17-14(10-12)11-15(16-2)13-6-4-3-5-7-13/h3-10,15-16H,11H2,1-2H3. The molecule has 1 unspecified atom stereocenters. The van der Waals surface area contributed by atoms with E-state index in [0.29, 0.717) is 6.04 Å². The third kappa shape index (κ3) is 3.14. The molecule has 1 aromatic heterocycles. The number of hydrogen-bond acceptors (Lipinski definition) is 2. The molecule has 17 heavy (non-hydrogen) atoms. The van der Waals surface area contributed by atoms with Gasteiger partial charge in [0.2, 0.25) is 0 Å². The normalized spacial score (nSPS) is 12.4. The molecule has 0 spiro atoms. The molecule has 0 saturated carbocycles. The van der Waals surface area contributed by atoms with E-state index in [1.165, 1.54) is 11.1 Å². The summed E-state index contributed by atoms with van der Waals surface area (Å²) in [6.45, 7) is 2.10. The molecule has 0 fully saturated rings. The highest BCUT2D eigenvalue weighted by molar-refractivity contribution is 5.22. The molecule has 0 bridgehead atoms. The first kappa shape index (κ1) is 11.8. The van der Waals surface area contributed by atoms with Crippen molar-refractivity contribution >= 4 is 0 Å². The molecular weight excluding hydrogens is 208 g/mol. The summed E-state index contributed by atoms with van der Waals surface area (Å²) in [5, 5.41) is 3.35. The van der Waals surface area contributed by atoms with Gasteiger partial charge in [-0.1, -0.05) is 30.3 Å². The van der Waals surface area contributed by atoms with Crippen LogP contribution in [0.25, 0.3) is 0 Å².